The van der Waals surface area contributed by atoms with Gasteiger partial charge in [0, 0.05) is 17.9 Å². The van der Waals surface area contributed by atoms with Gasteiger partial charge in [-0.05, 0) is 43.7 Å². The van der Waals surface area contributed by atoms with Crippen molar-refractivity contribution in [3.8, 4) is 6.07 Å². The molecule has 0 bridgehead atoms. The quantitative estimate of drug-likeness (QED) is 0.485. The van der Waals surface area contributed by atoms with Gasteiger partial charge >= 0.3 is 5.97 Å². The topological polar surface area (TPSA) is 53.3 Å². The summed E-state index contributed by atoms with van der Waals surface area (Å²) < 4.78 is 4.85. The number of para-hydroxylation sites is 1. The van der Waals surface area contributed by atoms with Crippen molar-refractivity contribution in [1.82, 2.24) is 0 Å². The van der Waals surface area contributed by atoms with E-state index >= 15 is 0 Å². The Morgan fingerprint density at radius 1 is 1.32 bits per heavy atom. The van der Waals surface area contributed by atoms with Crippen LogP contribution in [0.25, 0.3) is 6.08 Å². The lowest BCUT2D eigenvalue weighted by Crippen LogP contribution is -2.23. The molecular weight excluding hydrogens is 276 g/mol. The van der Waals surface area contributed by atoms with Crippen LogP contribution >= 0.6 is 0 Å². The molecule has 112 valence electrons. The molecule has 1 aliphatic heterocycles. The minimum Gasteiger partial charge on any atom is -0.462 e. The van der Waals surface area contributed by atoms with Crippen LogP contribution in [0.3, 0.4) is 0 Å². The van der Waals surface area contributed by atoms with Gasteiger partial charge in [-0.2, -0.15) is 5.26 Å². The lowest BCUT2D eigenvalue weighted by atomic mass is 10.1. The maximum Gasteiger partial charge on any atom is 0.348 e. The molecule has 1 heterocycles. The first-order valence-electron chi connectivity index (χ1n) is 7.25. The summed E-state index contributed by atoms with van der Waals surface area (Å²) in [6.07, 6.45) is 7.28. The van der Waals surface area contributed by atoms with E-state index in [-0.39, 0.29) is 12.2 Å². The van der Waals surface area contributed by atoms with Crippen LogP contribution in [0.4, 0.5) is 5.69 Å². The van der Waals surface area contributed by atoms with Crippen LogP contribution in [-0.2, 0) is 9.53 Å². The van der Waals surface area contributed by atoms with Gasteiger partial charge < -0.3 is 9.64 Å². The van der Waals surface area contributed by atoms with Crippen LogP contribution in [-0.4, -0.2) is 19.1 Å². The third kappa shape index (κ3) is 3.26. The molecule has 0 unspecified atom stereocenters. The summed E-state index contributed by atoms with van der Waals surface area (Å²) in [5, 5.41) is 9.05. The number of nitrogens with zero attached hydrogens (tertiary/aromatic N) is 2. The van der Waals surface area contributed by atoms with Gasteiger partial charge in [-0.25, -0.2) is 4.79 Å². The number of nitriles is 1. The van der Waals surface area contributed by atoms with Gasteiger partial charge in [0.1, 0.15) is 11.6 Å². The average molecular weight is 294 g/mol. The second-order valence-electron chi connectivity index (χ2n) is 4.64. The highest BCUT2D eigenvalue weighted by atomic mass is 16.5. The number of carbonyl (C=O) groups is 1. The summed E-state index contributed by atoms with van der Waals surface area (Å²) in [5.41, 5.74) is 3.19. The Kier molecular flexibility index (Phi) is 5.16. The Morgan fingerprint density at radius 3 is 2.77 bits per heavy atom. The molecule has 0 saturated carbocycles. The van der Waals surface area contributed by atoms with Crippen molar-refractivity contribution >= 4 is 17.7 Å². The van der Waals surface area contributed by atoms with Crippen molar-refractivity contribution in [2.24, 2.45) is 0 Å². The number of fused-ring (bicyclic) bond motifs is 1. The van der Waals surface area contributed by atoms with Crippen LogP contribution in [0.5, 0.6) is 0 Å². The minimum absolute atomic E-state index is 0.00217. The van der Waals surface area contributed by atoms with E-state index in [9.17, 15) is 4.79 Å². The van der Waals surface area contributed by atoms with Gasteiger partial charge in [0.2, 0.25) is 0 Å². The van der Waals surface area contributed by atoms with Crippen molar-refractivity contribution in [3.63, 3.8) is 0 Å². The number of allylic oxidation sites excluding steroid dienone is 3. The molecule has 1 aromatic carbocycles. The first-order chi connectivity index (χ1) is 10.7. The summed E-state index contributed by atoms with van der Waals surface area (Å²) in [6, 6.07) is 9.98. The van der Waals surface area contributed by atoms with Gasteiger partial charge in [-0.1, -0.05) is 24.3 Å². The van der Waals surface area contributed by atoms with Crippen LogP contribution in [0, 0.1) is 11.3 Å². The third-order valence-electron chi connectivity index (χ3n) is 3.33. The van der Waals surface area contributed by atoms with E-state index < -0.39 is 5.97 Å². The standard InChI is InChI=1S/C18H18N2O2/c1-3-20-16(11-9-14-7-5-6-8-17(14)20)12-10-15(13-19)18(21)22-4-2/h5-12H,3-4H2,1-2H3/b15-10+,16-12-. The average Bonchev–Trinajstić information content (AvgIpc) is 2.55. The molecule has 1 aliphatic rings. The highest BCUT2D eigenvalue weighted by molar-refractivity contribution is 5.93. The summed E-state index contributed by atoms with van der Waals surface area (Å²) in [4.78, 5) is 13.8. The summed E-state index contributed by atoms with van der Waals surface area (Å²) in [7, 11) is 0. The van der Waals surface area contributed by atoms with E-state index in [0.717, 1.165) is 23.5 Å². The molecule has 0 radical (unpaired) electrons. The molecule has 0 aromatic heterocycles. The number of likely N-dealkylation sites (N-methyl/N-ethyl adjacent to an activating group) is 1. The molecule has 22 heavy (non-hydrogen) atoms. The molecule has 0 fully saturated rings. The molecule has 0 atom stereocenters. The number of hydrogen-bond acceptors (Lipinski definition) is 4. The number of hydrogen-bond donors (Lipinski definition) is 0. The Hall–Kier alpha value is -2.80. The summed E-state index contributed by atoms with van der Waals surface area (Å²) in [5.74, 6) is -0.593. The van der Waals surface area contributed by atoms with Crippen molar-refractivity contribution in [1.29, 1.82) is 5.26 Å². The molecule has 4 heteroatoms. The zero-order valence-corrected chi connectivity index (χ0v) is 12.7. The van der Waals surface area contributed by atoms with Crippen molar-refractivity contribution in [3.05, 3.63) is 59.3 Å². The first kappa shape index (κ1) is 15.6. The molecule has 2 rings (SSSR count). The SMILES string of the molecule is CCOC(=O)/C(C#N)=C/C=C1/C=Cc2ccccc2N1CC. The lowest BCUT2D eigenvalue weighted by molar-refractivity contribution is -0.138. The molecule has 4 nitrogen and oxygen atoms in total. The number of ether oxygens (including phenoxy) is 1. The fourth-order valence-electron chi connectivity index (χ4n) is 2.31. The zero-order chi connectivity index (χ0) is 15.9. The molecule has 0 N–H and O–H groups in total. The Labute approximate surface area is 130 Å². The van der Waals surface area contributed by atoms with E-state index in [1.165, 1.54) is 6.08 Å². The molecule has 0 amide bonds. The van der Waals surface area contributed by atoms with Gasteiger partial charge in [0.15, 0.2) is 0 Å². The van der Waals surface area contributed by atoms with E-state index in [4.69, 9.17) is 10.00 Å². The maximum absolute atomic E-state index is 11.6. The highest BCUT2D eigenvalue weighted by Gasteiger charge is 2.15. The van der Waals surface area contributed by atoms with E-state index in [0.29, 0.717) is 0 Å². The zero-order valence-electron chi connectivity index (χ0n) is 12.7. The number of carbonyl (C=O) groups excluding carboxylic acids is 1. The van der Waals surface area contributed by atoms with Crippen LogP contribution < -0.4 is 4.90 Å². The second kappa shape index (κ2) is 7.28. The minimum atomic E-state index is -0.593. The highest BCUT2D eigenvalue weighted by Crippen LogP contribution is 2.30. The predicted octanol–water partition coefficient (Wildman–Crippen LogP) is 3.44. The molecule has 0 spiro atoms. The van der Waals surface area contributed by atoms with Crippen molar-refractivity contribution < 1.29 is 9.53 Å². The smallest absolute Gasteiger partial charge is 0.348 e. The number of rotatable bonds is 4. The van der Waals surface area contributed by atoms with Gasteiger partial charge in [0.25, 0.3) is 0 Å². The summed E-state index contributed by atoms with van der Waals surface area (Å²) >= 11 is 0. The molecule has 1 aromatic rings. The second-order valence-corrected chi connectivity index (χ2v) is 4.64. The normalized spacial score (nSPS) is 15.4. The van der Waals surface area contributed by atoms with E-state index in [1.54, 1.807) is 13.0 Å². The Balaban J connectivity index is 2.33. The lowest BCUT2D eigenvalue weighted by Gasteiger charge is -2.29. The molecular formula is C18H18N2O2. The third-order valence-corrected chi connectivity index (χ3v) is 3.33. The Bertz CT molecular complexity index is 693. The predicted molar refractivity (Wildman–Crippen MR) is 86.9 cm³/mol. The van der Waals surface area contributed by atoms with Crippen LogP contribution in [0.2, 0.25) is 0 Å². The Morgan fingerprint density at radius 2 is 2.09 bits per heavy atom. The fourth-order valence-corrected chi connectivity index (χ4v) is 2.31. The van der Waals surface area contributed by atoms with Gasteiger partial charge in [-0.3, -0.25) is 0 Å². The van der Waals surface area contributed by atoms with Gasteiger partial charge in [-0.15, -0.1) is 0 Å². The molecule has 0 saturated heterocycles. The summed E-state index contributed by atoms with van der Waals surface area (Å²) in [6.45, 7) is 4.82. The largest absolute Gasteiger partial charge is 0.462 e. The fraction of sp³-hybridized carbons (Fsp3) is 0.222. The molecule has 0 aliphatic carbocycles. The monoisotopic (exact) mass is 294 g/mol. The van der Waals surface area contributed by atoms with Gasteiger partial charge in [0.05, 0.1) is 6.61 Å². The van der Waals surface area contributed by atoms with Crippen LogP contribution in [0.15, 0.2) is 53.8 Å². The first-order valence-corrected chi connectivity index (χ1v) is 7.25. The van der Waals surface area contributed by atoms with Crippen molar-refractivity contribution in [2.45, 2.75) is 13.8 Å². The van der Waals surface area contributed by atoms with E-state index in [1.807, 2.05) is 30.4 Å². The van der Waals surface area contributed by atoms with Crippen LogP contribution in [0.1, 0.15) is 19.4 Å². The number of anilines is 1. The maximum atomic E-state index is 11.6. The van der Waals surface area contributed by atoms with E-state index in [2.05, 4.69) is 24.0 Å². The number of esters is 1. The van der Waals surface area contributed by atoms with Crippen molar-refractivity contribution in [2.75, 3.05) is 18.1 Å². The number of benzene rings is 1.